The first-order valence-corrected chi connectivity index (χ1v) is 7.58. The molecule has 22 heavy (non-hydrogen) atoms. The number of aryl methyl sites for hydroxylation is 1. The van der Waals surface area contributed by atoms with Crippen LogP contribution in [0.4, 0.5) is 5.69 Å². The molecular weight excluding hydrogens is 298 g/mol. The molecule has 0 atom stereocenters. The normalized spacial score (nSPS) is 10.8. The maximum absolute atomic E-state index is 12.2. The fourth-order valence-electron chi connectivity index (χ4n) is 2.40. The van der Waals surface area contributed by atoms with E-state index in [4.69, 9.17) is 16.0 Å². The molecule has 1 amide bonds. The molecule has 0 aliphatic heterocycles. The van der Waals surface area contributed by atoms with Crippen LogP contribution >= 0.6 is 11.6 Å². The number of rotatable bonds is 4. The molecule has 0 saturated heterocycles. The van der Waals surface area contributed by atoms with Crippen molar-refractivity contribution in [2.75, 3.05) is 5.32 Å². The summed E-state index contributed by atoms with van der Waals surface area (Å²) in [4.78, 5) is 12.2. The van der Waals surface area contributed by atoms with E-state index >= 15 is 0 Å². The minimum atomic E-state index is -0.0769. The number of furan rings is 1. The standard InChI is InChI=1S/C18H16ClNO2/c1-2-12-3-8-17-16(9-12)13(11-22-17)10-18(21)20-15-6-4-14(19)5-7-15/h3-9,11H,2,10H2,1H3,(H,20,21). The van der Waals surface area contributed by atoms with Gasteiger partial charge in [0, 0.05) is 21.7 Å². The summed E-state index contributed by atoms with van der Waals surface area (Å²) in [6, 6.07) is 13.1. The van der Waals surface area contributed by atoms with Gasteiger partial charge in [0.1, 0.15) is 5.58 Å². The molecule has 3 aromatic rings. The van der Waals surface area contributed by atoms with E-state index in [-0.39, 0.29) is 12.3 Å². The second-order valence-corrected chi connectivity index (χ2v) is 5.61. The lowest BCUT2D eigenvalue weighted by Gasteiger charge is -2.04. The number of amides is 1. The molecular formula is C18H16ClNO2. The molecule has 0 unspecified atom stereocenters. The van der Waals surface area contributed by atoms with Gasteiger partial charge in [0.25, 0.3) is 0 Å². The molecule has 1 N–H and O–H groups in total. The number of halogens is 1. The third-order valence-electron chi connectivity index (χ3n) is 3.61. The van der Waals surface area contributed by atoms with Crippen molar-refractivity contribution in [1.82, 2.24) is 0 Å². The Morgan fingerprint density at radius 1 is 1.18 bits per heavy atom. The van der Waals surface area contributed by atoms with E-state index in [0.717, 1.165) is 28.6 Å². The molecule has 0 spiro atoms. The first kappa shape index (κ1) is 14.7. The minimum Gasteiger partial charge on any atom is -0.464 e. The van der Waals surface area contributed by atoms with E-state index in [1.54, 1.807) is 30.5 Å². The van der Waals surface area contributed by atoms with Crippen LogP contribution in [0.25, 0.3) is 11.0 Å². The summed E-state index contributed by atoms with van der Waals surface area (Å²) in [6.45, 7) is 2.11. The van der Waals surface area contributed by atoms with Gasteiger partial charge in [-0.15, -0.1) is 0 Å². The van der Waals surface area contributed by atoms with Gasteiger partial charge in [-0.05, 0) is 48.4 Å². The van der Waals surface area contributed by atoms with Gasteiger partial charge >= 0.3 is 0 Å². The van der Waals surface area contributed by atoms with E-state index in [1.807, 2.05) is 12.1 Å². The summed E-state index contributed by atoms with van der Waals surface area (Å²) < 4.78 is 5.52. The van der Waals surface area contributed by atoms with Crippen LogP contribution in [-0.2, 0) is 17.6 Å². The van der Waals surface area contributed by atoms with Crippen LogP contribution in [0, 0.1) is 0 Å². The zero-order valence-electron chi connectivity index (χ0n) is 12.2. The molecule has 1 heterocycles. The van der Waals surface area contributed by atoms with E-state index in [0.29, 0.717) is 5.02 Å². The second-order valence-electron chi connectivity index (χ2n) is 5.18. The van der Waals surface area contributed by atoms with Gasteiger partial charge in [0.05, 0.1) is 12.7 Å². The van der Waals surface area contributed by atoms with E-state index in [9.17, 15) is 4.79 Å². The monoisotopic (exact) mass is 313 g/mol. The van der Waals surface area contributed by atoms with Crippen LogP contribution in [0.5, 0.6) is 0 Å². The largest absolute Gasteiger partial charge is 0.464 e. The van der Waals surface area contributed by atoms with Crippen molar-refractivity contribution in [3.63, 3.8) is 0 Å². The van der Waals surface area contributed by atoms with Gasteiger partial charge < -0.3 is 9.73 Å². The fourth-order valence-corrected chi connectivity index (χ4v) is 2.52. The van der Waals surface area contributed by atoms with Crippen molar-refractivity contribution in [3.8, 4) is 0 Å². The molecule has 0 radical (unpaired) electrons. The lowest BCUT2D eigenvalue weighted by molar-refractivity contribution is -0.115. The van der Waals surface area contributed by atoms with Crippen LogP contribution in [0.3, 0.4) is 0 Å². The lowest BCUT2D eigenvalue weighted by Crippen LogP contribution is -2.14. The third-order valence-corrected chi connectivity index (χ3v) is 3.86. The highest BCUT2D eigenvalue weighted by atomic mass is 35.5. The highest BCUT2D eigenvalue weighted by molar-refractivity contribution is 6.30. The van der Waals surface area contributed by atoms with E-state index in [2.05, 4.69) is 18.3 Å². The van der Waals surface area contributed by atoms with Gasteiger partial charge in [-0.3, -0.25) is 4.79 Å². The lowest BCUT2D eigenvalue weighted by atomic mass is 10.1. The van der Waals surface area contributed by atoms with Crippen molar-refractivity contribution >= 4 is 34.2 Å². The summed E-state index contributed by atoms with van der Waals surface area (Å²) >= 11 is 5.83. The van der Waals surface area contributed by atoms with E-state index in [1.165, 1.54) is 5.56 Å². The van der Waals surface area contributed by atoms with Crippen molar-refractivity contribution in [1.29, 1.82) is 0 Å². The Bertz CT molecular complexity index is 806. The Balaban J connectivity index is 1.77. The Morgan fingerprint density at radius 2 is 1.95 bits per heavy atom. The summed E-state index contributed by atoms with van der Waals surface area (Å²) in [7, 11) is 0. The van der Waals surface area contributed by atoms with Crippen LogP contribution in [0.2, 0.25) is 5.02 Å². The maximum atomic E-state index is 12.2. The number of carbonyl (C=O) groups is 1. The SMILES string of the molecule is CCc1ccc2occ(CC(=O)Nc3ccc(Cl)cc3)c2c1. The van der Waals surface area contributed by atoms with Crippen molar-refractivity contribution in [2.45, 2.75) is 19.8 Å². The number of hydrogen-bond donors (Lipinski definition) is 1. The van der Waals surface area contributed by atoms with Gasteiger partial charge in [-0.2, -0.15) is 0 Å². The molecule has 0 aliphatic carbocycles. The third kappa shape index (κ3) is 3.15. The number of hydrogen-bond acceptors (Lipinski definition) is 2. The van der Waals surface area contributed by atoms with E-state index < -0.39 is 0 Å². The molecule has 0 fully saturated rings. The van der Waals surface area contributed by atoms with Gasteiger partial charge in [0.15, 0.2) is 0 Å². The number of fused-ring (bicyclic) bond motifs is 1. The highest BCUT2D eigenvalue weighted by Crippen LogP contribution is 2.24. The number of anilines is 1. The van der Waals surface area contributed by atoms with Crippen molar-refractivity contribution in [3.05, 3.63) is 64.9 Å². The Labute approximate surface area is 133 Å². The Kier molecular flexibility index (Phi) is 4.16. The average Bonchev–Trinajstić information content (AvgIpc) is 2.91. The maximum Gasteiger partial charge on any atom is 0.228 e. The molecule has 2 aromatic carbocycles. The molecule has 3 nitrogen and oxygen atoms in total. The quantitative estimate of drug-likeness (QED) is 0.749. The molecule has 0 bridgehead atoms. The molecule has 0 aliphatic rings. The average molecular weight is 314 g/mol. The summed E-state index contributed by atoms with van der Waals surface area (Å²) in [6.07, 6.45) is 2.89. The van der Waals surface area contributed by atoms with Crippen LogP contribution < -0.4 is 5.32 Å². The first-order valence-electron chi connectivity index (χ1n) is 7.20. The van der Waals surface area contributed by atoms with Crippen LogP contribution in [-0.4, -0.2) is 5.91 Å². The molecule has 0 saturated carbocycles. The minimum absolute atomic E-state index is 0.0769. The smallest absolute Gasteiger partial charge is 0.228 e. The number of benzene rings is 2. The van der Waals surface area contributed by atoms with Gasteiger partial charge in [-0.25, -0.2) is 0 Å². The Hall–Kier alpha value is -2.26. The highest BCUT2D eigenvalue weighted by Gasteiger charge is 2.11. The Morgan fingerprint density at radius 3 is 2.68 bits per heavy atom. The molecule has 4 heteroatoms. The number of carbonyl (C=O) groups excluding carboxylic acids is 1. The number of nitrogens with one attached hydrogen (secondary N) is 1. The van der Waals surface area contributed by atoms with Gasteiger partial charge in [0.2, 0.25) is 5.91 Å². The second kappa shape index (κ2) is 6.24. The van der Waals surface area contributed by atoms with Crippen molar-refractivity contribution in [2.24, 2.45) is 0 Å². The molecule has 112 valence electrons. The van der Waals surface area contributed by atoms with Gasteiger partial charge in [-0.1, -0.05) is 24.6 Å². The topological polar surface area (TPSA) is 42.2 Å². The predicted octanol–water partition coefficient (Wildman–Crippen LogP) is 4.83. The molecule has 3 rings (SSSR count). The summed E-state index contributed by atoms with van der Waals surface area (Å²) in [5, 5.41) is 4.51. The first-order chi connectivity index (χ1) is 10.7. The fraction of sp³-hybridized carbons (Fsp3) is 0.167. The predicted molar refractivity (Wildman–Crippen MR) is 89.4 cm³/mol. The van der Waals surface area contributed by atoms with Crippen LogP contribution in [0.1, 0.15) is 18.1 Å². The molecule has 1 aromatic heterocycles. The van der Waals surface area contributed by atoms with Crippen molar-refractivity contribution < 1.29 is 9.21 Å². The zero-order valence-corrected chi connectivity index (χ0v) is 13.0. The summed E-state index contributed by atoms with van der Waals surface area (Å²) in [5.41, 5.74) is 3.67. The van der Waals surface area contributed by atoms with Crippen LogP contribution in [0.15, 0.2) is 53.1 Å². The zero-order chi connectivity index (χ0) is 15.5. The summed E-state index contributed by atoms with van der Waals surface area (Å²) in [5.74, 6) is -0.0769.